The molecule has 5 nitrogen and oxygen atoms in total. The zero-order chi connectivity index (χ0) is 15.4. The number of rotatable bonds is 3. The van der Waals surface area contributed by atoms with E-state index in [-0.39, 0.29) is 19.1 Å². The smallest absolute Gasteiger partial charge is 0.321 e. The van der Waals surface area contributed by atoms with E-state index < -0.39 is 11.9 Å². The van der Waals surface area contributed by atoms with Gasteiger partial charge in [-0.05, 0) is 18.1 Å². The minimum absolute atomic E-state index is 0.173. The highest BCUT2D eigenvalue weighted by Gasteiger charge is 2.33. The van der Waals surface area contributed by atoms with E-state index in [4.69, 9.17) is 6.42 Å². The molecule has 1 aliphatic rings. The number of aliphatic carboxylic acids is 1. The fourth-order valence-corrected chi connectivity index (χ4v) is 2.59. The highest BCUT2D eigenvalue weighted by Crippen LogP contribution is 2.29. The zero-order valence-electron chi connectivity index (χ0n) is 12.0. The molecule has 2 rings (SSSR count). The van der Waals surface area contributed by atoms with E-state index in [9.17, 15) is 14.7 Å². The number of carboxylic acid groups (broad SMARTS) is 1. The molecule has 0 radical (unpaired) electrons. The molecule has 1 atom stereocenters. The average molecular weight is 286 g/mol. The van der Waals surface area contributed by atoms with Crippen molar-refractivity contribution < 1.29 is 14.7 Å². The third kappa shape index (κ3) is 3.00. The molecule has 0 spiro atoms. The molecule has 0 bridgehead atoms. The Morgan fingerprint density at radius 1 is 1.48 bits per heavy atom. The van der Waals surface area contributed by atoms with Crippen molar-refractivity contribution in [2.75, 3.05) is 19.6 Å². The summed E-state index contributed by atoms with van der Waals surface area (Å²) in [5, 5.41) is 9.40. The number of carbonyl (C=O) groups excluding carboxylic acids is 1. The van der Waals surface area contributed by atoms with Gasteiger partial charge in [-0.2, -0.15) is 0 Å². The van der Waals surface area contributed by atoms with E-state index >= 15 is 0 Å². The Morgan fingerprint density at radius 3 is 2.81 bits per heavy atom. The van der Waals surface area contributed by atoms with Gasteiger partial charge in [-0.25, -0.2) is 4.79 Å². The Bertz CT molecular complexity index is 591. The van der Waals surface area contributed by atoms with Gasteiger partial charge in [0.1, 0.15) is 0 Å². The minimum atomic E-state index is -0.917. The summed E-state index contributed by atoms with van der Waals surface area (Å²) < 4.78 is 0. The molecule has 1 N–H and O–H groups in total. The summed E-state index contributed by atoms with van der Waals surface area (Å²) in [6.07, 6.45) is 5.27. The van der Waals surface area contributed by atoms with E-state index in [1.807, 2.05) is 31.2 Å². The molecule has 0 fully saturated rings. The number of fused-ring (bicyclic) bond motifs is 1. The zero-order valence-corrected chi connectivity index (χ0v) is 12.0. The number of carbonyl (C=O) groups is 2. The summed E-state index contributed by atoms with van der Waals surface area (Å²) in [6, 6.07) is 7.14. The van der Waals surface area contributed by atoms with Gasteiger partial charge in [0.25, 0.3) is 0 Å². The summed E-state index contributed by atoms with van der Waals surface area (Å²) in [5.74, 6) is 0.846. The Morgan fingerprint density at radius 2 is 2.19 bits per heavy atom. The maximum absolute atomic E-state index is 12.5. The molecule has 2 amide bonds. The van der Waals surface area contributed by atoms with Crippen LogP contribution >= 0.6 is 0 Å². The molecule has 1 aliphatic heterocycles. The molecular formula is C16H18N2O3. The third-order valence-corrected chi connectivity index (χ3v) is 3.70. The second-order valence-electron chi connectivity index (χ2n) is 4.97. The SMILES string of the molecule is C#CCN(CC)C(=O)N1Cc2ccccc2C(C(=O)O)C1. The first kappa shape index (κ1) is 14.9. The van der Waals surface area contributed by atoms with Crippen LogP contribution in [-0.4, -0.2) is 46.5 Å². The normalized spacial score (nSPS) is 16.8. The molecule has 1 unspecified atom stereocenters. The van der Waals surface area contributed by atoms with Crippen molar-refractivity contribution in [1.29, 1.82) is 0 Å². The molecule has 1 aromatic rings. The summed E-state index contributed by atoms with van der Waals surface area (Å²) in [7, 11) is 0. The highest BCUT2D eigenvalue weighted by molar-refractivity contribution is 5.81. The summed E-state index contributed by atoms with van der Waals surface area (Å²) in [4.78, 5) is 27.0. The Hall–Kier alpha value is -2.48. The van der Waals surface area contributed by atoms with Crippen LogP contribution in [0.3, 0.4) is 0 Å². The maximum Gasteiger partial charge on any atom is 0.321 e. The van der Waals surface area contributed by atoms with Crippen LogP contribution in [0.25, 0.3) is 0 Å². The number of hydrogen-bond donors (Lipinski definition) is 1. The second kappa shape index (κ2) is 6.31. The first-order chi connectivity index (χ1) is 10.1. The predicted molar refractivity (Wildman–Crippen MR) is 78.7 cm³/mol. The molecule has 110 valence electrons. The molecule has 0 saturated carbocycles. The lowest BCUT2D eigenvalue weighted by Crippen LogP contribution is -2.47. The van der Waals surface area contributed by atoms with Crippen LogP contribution in [0.1, 0.15) is 24.0 Å². The van der Waals surface area contributed by atoms with Crippen molar-refractivity contribution in [3.8, 4) is 12.3 Å². The standard InChI is InChI=1S/C16H18N2O3/c1-3-9-17(4-2)16(21)18-10-12-7-5-6-8-13(12)14(11-18)15(19)20/h1,5-8,14H,4,9-11H2,2H3,(H,19,20). The van der Waals surface area contributed by atoms with Gasteiger partial charge in [-0.3, -0.25) is 4.79 Å². The minimum Gasteiger partial charge on any atom is -0.481 e. The van der Waals surface area contributed by atoms with E-state index in [1.165, 1.54) is 4.90 Å². The first-order valence-corrected chi connectivity index (χ1v) is 6.86. The number of carboxylic acids is 1. The average Bonchev–Trinajstić information content (AvgIpc) is 2.50. The highest BCUT2D eigenvalue weighted by atomic mass is 16.4. The lowest BCUT2D eigenvalue weighted by atomic mass is 9.90. The van der Waals surface area contributed by atoms with Crippen LogP contribution in [0.4, 0.5) is 4.79 Å². The molecule has 1 heterocycles. The summed E-state index contributed by atoms with van der Waals surface area (Å²) >= 11 is 0. The fraction of sp³-hybridized carbons (Fsp3) is 0.375. The van der Waals surface area contributed by atoms with E-state index in [1.54, 1.807) is 4.90 Å². The van der Waals surface area contributed by atoms with Gasteiger partial charge in [-0.1, -0.05) is 30.2 Å². The maximum atomic E-state index is 12.5. The second-order valence-corrected chi connectivity index (χ2v) is 4.97. The van der Waals surface area contributed by atoms with Gasteiger partial charge in [-0.15, -0.1) is 6.42 Å². The van der Waals surface area contributed by atoms with Gasteiger partial charge in [0.05, 0.1) is 12.5 Å². The van der Waals surface area contributed by atoms with E-state index in [0.29, 0.717) is 13.1 Å². The number of terminal acetylenes is 1. The molecule has 0 aliphatic carbocycles. The number of hydrogen-bond acceptors (Lipinski definition) is 2. The van der Waals surface area contributed by atoms with Crippen molar-refractivity contribution in [1.82, 2.24) is 9.80 Å². The third-order valence-electron chi connectivity index (χ3n) is 3.70. The van der Waals surface area contributed by atoms with Crippen molar-refractivity contribution in [2.24, 2.45) is 0 Å². The molecular weight excluding hydrogens is 268 g/mol. The lowest BCUT2D eigenvalue weighted by Gasteiger charge is -2.35. The number of nitrogens with zero attached hydrogens (tertiary/aromatic N) is 2. The fourth-order valence-electron chi connectivity index (χ4n) is 2.59. The predicted octanol–water partition coefficient (Wildman–Crippen LogP) is 1.75. The van der Waals surface area contributed by atoms with Crippen molar-refractivity contribution in [3.63, 3.8) is 0 Å². The van der Waals surface area contributed by atoms with Crippen LogP contribution in [0.5, 0.6) is 0 Å². The number of benzene rings is 1. The quantitative estimate of drug-likeness (QED) is 0.861. The molecule has 1 aromatic carbocycles. The van der Waals surface area contributed by atoms with Gasteiger partial charge >= 0.3 is 12.0 Å². The van der Waals surface area contributed by atoms with Crippen molar-refractivity contribution >= 4 is 12.0 Å². The van der Waals surface area contributed by atoms with Crippen LogP contribution in [-0.2, 0) is 11.3 Å². The Labute approximate surface area is 124 Å². The largest absolute Gasteiger partial charge is 0.481 e. The number of amides is 2. The van der Waals surface area contributed by atoms with Gasteiger partial charge in [0, 0.05) is 19.6 Å². The van der Waals surface area contributed by atoms with Crippen molar-refractivity contribution in [3.05, 3.63) is 35.4 Å². The van der Waals surface area contributed by atoms with E-state index in [2.05, 4.69) is 5.92 Å². The summed E-state index contributed by atoms with van der Waals surface area (Å²) in [6.45, 7) is 3.16. The van der Waals surface area contributed by atoms with Crippen LogP contribution in [0.2, 0.25) is 0 Å². The van der Waals surface area contributed by atoms with Gasteiger partial charge < -0.3 is 14.9 Å². The van der Waals surface area contributed by atoms with Gasteiger partial charge in [0.2, 0.25) is 0 Å². The lowest BCUT2D eigenvalue weighted by molar-refractivity contribution is -0.139. The van der Waals surface area contributed by atoms with Crippen LogP contribution in [0.15, 0.2) is 24.3 Å². The van der Waals surface area contributed by atoms with Crippen molar-refractivity contribution in [2.45, 2.75) is 19.4 Å². The molecule has 0 saturated heterocycles. The first-order valence-electron chi connectivity index (χ1n) is 6.86. The van der Waals surface area contributed by atoms with Crippen LogP contribution in [0, 0.1) is 12.3 Å². The number of urea groups is 1. The molecule has 5 heteroatoms. The van der Waals surface area contributed by atoms with Crippen LogP contribution < -0.4 is 0 Å². The topological polar surface area (TPSA) is 60.9 Å². The Balaban J connectivity index is 2.27. The monoisotopic (exact) mass is 286 g/mol. The summed E-state index contributed by atoms with van der Waals surface area (Å²) in [5.41, 5.74) is 1.66. The van der Waals surface area contributed by atoms with Gasteiger partial charge in [0.15, 0.2) is 0 Å². The molecule has 21 heavy (non-hydrogen) atoms. The molecule has 0 aromatic heterocycles. The Kier molecular flexibility index (Phi) is 4.49. The van der Waals surface area contributed by atoms with E-state index in [0.717, 1.165) is 11.1 Å².